The second-order valence-electron chi connectivity index (χ2n) is 8.13. The zero-order chi connectivity index (χ0) is 24.4. The molecule has 1 aliphatic rings. The SMILES string of the molecule is Oc1c(Cl)cc(Cl)cc1C=Nc1cccc(C2=NN(c3ccccc3)C(c3ccc(F)cc3)C2)c1. The lowest BCUT2D eigenvalue weighted by molar-refractivity contribution is 0.475. The highest BCUT2D eigenvalue weighted by Gasteiger charge is 2.30. The smallest absolute Gasteiger partial charge is 0.143 e. The maximum Gasteiger partial charge on any atom is 0.143 e. The van der Waals surface area contributed by atoms with E-state index in [1.807, 2.05) is 59.6 Å². The maximum atomic E-state index is 13.6. The molecule has 0 radical (unpaired) electrons. The Kier molecular flexibility index (Phi) is 6.53. The van der Waals surface area contributed by atoms with Crippen LogP contribution in [0.1, 0.15) is 29.2 Å². The number of hydrazone groups is 1. The number of aliphatic imine (C=N–C) groups is 1. The molecular formula is C28H20Cl2FN3O. The average molecular weight is 504 g/mol. The van der Waals surface area contributed by atoms with Crippen molar-refractivity contribution in [2.45, 2.75) is 12.5 Å². The van der Waals surface area contributed by atoms with Gasteiger partial charge in [0.1, 0.15) is 11.6 Å². The van der Waals surface area contributed by atoms with E-state index in [0.717, 1.165) is 22.5 Å². The molecule has 174 valence electrons. The molecule has 1 unspecified atom stereocenters. The molecule has 0 saturated carbocycles. The number of para-hydroxylation sites is 1. The van der Waals surface area contributed by atoms with Crippen LogP contribution in [0.15, 0.2) is 101 Å². The van der Waals surface area contributed by atoms with Crippen molar-refractivity contribution in [3.05, 3.63) is 124 Å². The molecule has 1 N–H and O–H groups in total. The van der Waals surface area contributed by atoms with Gasteiger partial charge >= 0.3 is 0 Å². The van der Waals surface area contributed by atoms with E-state index in [4.69, 9.17) is 28.3 Å². The molecule has 0 fully saturated rings. The van der Waals surface area contributed by atoms with Gasteiger partial charge in [0.25, 0.3) is 0 Å². The molecule has 4 aromatic carbocycles. The van der Waals surface area contributed by atoms with Crippen LogP contribution in [0.25, 0.3) is 0 Å². The fraction of sp³-hybridized carbons (Fsp3) is 0.0714. The lowest BCUT2D eigenvalue weighted by atomic mass is 9.98. The van der Waals surface area contributed by atoms with E-state index >= 15 is 0 Å². The Balaban J connectivity index is 1.47. The number of hydrogen-bond acceptors (Lipinski definition) is 4. The standard InChI is InChI=1S/C28H20Cl2FN3O/c29-21-13-20(28(35)25(30)15-21)17-32-23-6-4-5-19(14-23)26-16-27(18-9-11-22(31)12-10-18)34(33-26)24-7-2-1-3-8-24/h1-15,17,27,35H,16H2. The number of anilines is 1. The Bertz CT molecular complexity index is 1420. The Morgan fingerprint density at radius 2 is 1.71 bits per heavy atom. The molecule has 1 heterocycles. The van der Waals surface area contributed by atoms with Gasteiger partial charge in [0.15, 0.2) is 0 Å². The molecular weight excluding hydrogens is 484 g/mol. The van der Waals surface area contributed by atoms with Crippen LogP contribution in [-0.4, -0.2) is 17.0 Å². The summed E-state index contributed by atoms with van der Waals surface area (Å²) in [4.78, 5) is 4.50. The molecule has 1 atom stereocenters. The first-order valence-corrected chi connectivity index (χ1v) is 11.7. The predicted octanol–water partition coefficient (Wildman–Crippen LogP) is 7.94. The Morgan fingerprint density at radius 3 is 2.49 bits per heavy atom. The molecule has 0 aliphatic carbocycles. The minimum Gasteiger partial charge on any atom is -0.506 e. The number of phenols is 1. The Morgan fingerprint density at radius 1 is 0.943 bits per heavy atom. The van der Waals surface area contributed by atoms with Crippen molar-refractivity contribution in [2.75, 3.05) is 5.01 Å². The molecule has 0 saturated heterocycles. The molecule has 0 amide bonds. The molecule has 5 rings (SSSR count). The molecule has 1 aliphatic heterocycles. The summed E-state index contributed by atoms with van der Waals surface area (Å²) < 4.78 is 13.6. The number of benzene rings is 4. The van der Waals surface area contributed by atoms with Crippen LogP contribution in [0.4, 0.5) is 15.8 Å². The topological polar surface area (TPSA) is 48.2 Å². The van der Waals surface area contributed by atoms with Gasteiger partial charge in [-0.3, -0.25) is 10.0 Å². The van der Waals surface area contributed by atoms with Gasteiger partial charge in [-0.25, -0.2) is 4.39 Å². The summed E-state index contributed by atoms with van der Waals surface area (Å²) in [5.41, 5.74) is 4.89. The summed E-state index contributed by atoms with van der Waals surface area (Å²) >= 11 is 12.1. The van der Waals surface area contributed by atoms with Gasteiger partial charge in [0.2, 0.25) is 0 Å². The van der Waals surface area contributed by atoms with Crippen LogP contribution in [0.2, 0.25) is 10.0 Å². The van der Waals surface area contributed by atoms with Gasteiger partial charge in [0.05, 0.1) is 28.2 Å². The zero-order valence-electron chi connectivity index (χ0n) is 18.4. The van der Waals surface area contributed by atoms with Crippen LogP contribution in [0.3, 0.4) is 0 Å². The first-order chi connectivity index (χ1) is 17.0. The van der Waals surface area contributed by atoms with Crippen molar-refractivity contribution in [1.29, 1.82) is 0 Å². The number of nitrogens with zero attached hydrogens (tertiary/aromatic N) is 3. The minimum atomic E-state index is -0.267. The van der Waals surface area contributed by atoms with Crippen LogP contribution < -0.4 is 5.01 Å². The Labute approximate surface area is 212 Å². The van der Waals surface area contributed by atoms with Crippen LogP contribution in [-0.2, 0) is 0 Å². The molecule has 0 bridgehead atoms. The summed E-state index contributed by atoms with van der Waals surface area (Å²) in [7, 11) is 0. The average Bonchev–Trinajstić information content (AvgIpc) is 3.32. The highest BCUT2D eigenvalue weighted by Crippen LogP contribution is 2.37. The minimum absolute atomic E-state index is 0.0642. The summed E-state index contributed by atoms with van der Waals surface area (Å²) in [6.07, 6.45) is 2.18. The van der Waals surface area contributed by atoms with E-state index in [2.05, 4.69) is 4.99 Å². The summed E-state index contributed by atoms with van der Waals surface area (Å²) in [5.74, 6) is -0.339. The van der Waals surface area contributed by atoms with Gasteiger partial charge in [0, 0.05) is 23.2 Å². The third-order valence-electron chi connectivity index (χ3n) is 5.78. The van der Waals surface area contributed by atoms with Gasteiger partial charge in [-0.15, -0.1) is 0 Å². The van der Waals surface area contributed by atoms with Crippen molar-refractivity contribution in [3.63, 3.8) is 0 Å². The molecule has 4 aromatic rings. The first-order valence-electron chi connectivity index (χ1n) is 11.0. The van der Waals surface area contributed by atoms with Crippen molar-refractivity contribution in [2.24, 2.45) is 10.1 Å². The highest BCUT2D eigenvalue weighted by atomic mass is 35.5. The van der Waals surface area contributed by atoms with Crippen molar-refractivity contribution < 1.29 is 9.50 Å². The second kappa shape index (κ2) is 9.90. The summed E-state index contributed by atoms with van der Waals surface area (Å²) in [6, 6.07) is 27.2. The second-order valence-corrected chi connectivity index (χ2v) is 8.98. The van der Waals surface area contributed by atoms with Crippen LogP contribution in [0.5, 0.6) is 5.75 Å². The monoisotopic (exact) mass is 503 g/mol. The lowest BCUT2D eigenvalue weighted by Gasteiger charge is -2.23. The van der Waals surface area contributed by atoms with Gasteiger partial charge in [-0.2, -0.15) is 5.10 Å². The number of hydrogen-bond donors (Lipinski definition) is 1. The predicted molar refractivity (Wildman–Crippen MR) is 141 cm³/mol. The van der Waals surface area contributed by atoms with Gasteiger partial charge < -0.3 is 5.11 Å². The van der Waals surface area contributed by atoms with E-state index in [-0.39, 0.29) is 22.6 Å². The third-order valence-corrected chi connectivity index (χ3v) is 6.28. The van der Waals surface area contributed by atoms with Crippen LogP contribution >= 0.6 is 23.2 Å². The van der Waals surface area contributed by atoms with E-state index in [1.54, 1.807) is 18.2 Å². The summed E-state index contributed by atoms with van der Waals surface area (Å²) in [5, 5.41) is 17.7. The number of rotatable bonds is 5. The molecule has 7 heteroatoms. The number of aromatic hydroxyl groups is 1. The van der Waals surface area contributed by atoms with Crippen molar-refractivity contribution in [3.8, 4) is 5.75 Å². The molecule has 0 spiro atoms. The van der Waals surface area contributed by atoms with Crippen LogP contribution in [0, 0.1) is 5.82 Å². The van der Waals surface area contributed by atoms with Crippen molar-refractivity contribution in [1.82, 2.24) is 0 Å². The van der Waals surface area contributed by atoms with E-state index < -0.39 is 0 Å². The Hall–Kier alpha value is -3.67. The van der Waals surface area contributed by atoms with Crippen molar-refractivity contribution >= 4 is 46.5 Å². The fourth-order valence-corrected chi connectivity index (χ4v) is 4.55. The maximum absolute atomic E-state index is 13.6. The quantitative estimate of drug-likeness (QED) is 0.281. The summed E-state index contributed by atoms with van der Waals surface area (Å²) in [6.45, 7) is 0. The fourth-order valence-electron chi connectivity index (χ4n) is 4.04. The molecule has 35 heavy (non-hydrogen) atoms. The van der Waals surface area contributed by atoms with Gasteiger partial charge in [-0.1, -0.05) is 65.7 Å². The van der Waals surface area contributed by atoms with E-state index in [0.29, 0.717) is 22.7 Å². The lowest BCUT2D eigenvalue weighted by Crippen LogP contribution is -2.18. The molecule has 4 nitrogen and oxygen atoms in total. The number of phenolic OH excluding ortho intramolecular Hbond substituents is 1. The largest absolute Gasteiger partial charge is 0.506 e. The van der Waals surface area contributed by atoms with Gasteiger partial charge in [-0.05, 0) is 59.7 Å². The van der Waals surface area contributed by atoms with E-state index in [1.165, 1.54) is 24.4 Å². The van der Waals surface area contributed by atoms with E-state index in [9.17, 15) is 9.50 Å². The number of halogens is 3. The zero-order valence-corrected chi connectivity index (χ0v) is 20.0. The third kappa shape index (κ3) is 5.06. The molecule has 0 aromatic heterocycles. The highest BCUT2D eigenvalue weighted by molar-refractivity contribution is 6.36. The first kappa shape index (κ1) is 23.1. The normalized spacial score (nSPS) is 15.6.